The molecule has 0 atom stereocenters. The maximum absolute atomic E-state index is 12.0. The number of imidazole rings is 1. The van der Waals surface area contributed by atoms with Gasteiger partial charge in [-0.25, -0.2) is 9.97 Å². The van der Waals surface area contributed by atoms with Gasteiger partial charge >= 0.3 is 0 Å². The highest BCUT2D eigenvalue weighted by molar-refractivity contribution is 5.93. The zero-order chi connectivity index (χ0) is 14.5. The van der Waals surface area contributed by atoms with E-state index >= 15 is 0 Å². The van der Waals surface area contributed by atoms with Crippen LogP contribution >= 0.6 is 0 Å². The molecule has 3 aromatic rings. The molecule has 0 saturated carbocycles. The van der Waals surface area contributed by atoms with Crippen molar-refractivity contribution in [2.75, 3.05) is 6.54 Å². The number of H-pyrrole nitrogens is 1. The van der Waals surface area contributed by atoms with Crippen LogP contribution in [-0.2, 0) is 6.42 Å². The van der Waals surface area contributed by atoms with E-state index in [1.165, 1.54) is 6.20 Å². The second-order valence-electron chi connectivity index (χ2n) is 4.64. The van der Waals surface area contributed by atoms with Gasteiger partial charge in [0.05, 0.1) is 17.2 Å². The number of aryl methyl sites for hydroxylation is 1. The molecular weight excluding hydrogens is 266 g/mol. The molecule has 0 saturated heterocycles. The van der Waals surface area contributed by atoms with E-state index in [0.717, 1.165) is 29.7 Å². The van der Waals surface area contributed by atoms with E-state index in [9.17, 15) is 4.79 Å². The average Bonchev–Trinajstić information content (AvgIpc) is 3.04. The summed E-state index contributed by atoms with van der Waals surface area (Å²) in [5.74, 6) is 0.724. The second kappa shape index (κ2) is 6.13. The number of benzene rings is 1. The fourth-order valence-corrected chi connectivity index (χ4v) is 2.05. The lowest BCUT2D eigenvalue weighted by atomic mass is 10.2. The molecule has 6 heteroatoms. The summed E-state index contributed by atoms with van der Waals surface area (Å²) in [5, 5.41) is 2.84. The van der Waals surface area contributed by atoms with Crippen molar-refractivity contribution in [1.29, 1.82) is 0 Å². The molecular formula is C15H15N5O. The van der Waals surface area contributed by atoms with E-state index in [0.29, 0.717) is 12.2 Å². The monoisotopic (exact) mass is 281 g/mol. The highest BCUT2D eigenvalue weighted by atomic mass is 16.1. The molecule has 0 aliphatic heterocycles. The van der Waals surface area contributed by atoms with Gasteiger partial charge in [-0.2, -0.15) is 0 Å². The maximum atomic E-state index is 12.0. The van der Waals surface area contributed by atoms with E-state index < -0.39 is 0 Å². The molecule has 1 aromatic carbocycles. The van der Waals surface area contributed by atoms with Crippen LogP contribution < -0.4 is 5.32 Å². The minimum atomic E-state index is -0.201. The lowest BCUT2D eigenvalue weighted by molar-refractivity contribution is 0.0948. The normalized spacial score (nSPS) is 10.7. The number of carbonyl (C=O) groups is 1. The zero-order valence-corrected chi connectivity index (χ0v) is 11.4. The van der Waals surface area contributed by atoms with Crippen LogP contribution in [0.4, 0.5) is 0 Å². The first-order valence-corrected chi connectivity index (χ1v) is 6.81. The smallest absolute Gasteiger partial charge is 0.271 e. The Balaban J connectivity index is 1.56. The highest BCUT2D eigenvalue weighted by Gasteiger charge is 2.08. The summed E-state index contributed by atoms with van der Waals surface area (Å²) in [6.45, 7) is 0.577. The molecule has 0 unspecified atom stereocenters. The van der Waals surface area contributed by atoms with Gasteiger partial charge in [0.25, 0.3) is 5.91 Å². The van der Waals surface area contributed by atoms with Crippen LogP contribution in [0.3, 0.4) is 0 Å². The molecule has 1 amide bonds. The number of para-hydroxylation sites is 2. The molecule has 2 N–H and O–H groups in total. The Morgan fingerprint density at radius 1 is 1.19 bits per heavy atom. The van der Waals surface area contributed by atoms with E-state index in [2.05, 4.69) is 25.3 Å². The average molecular weight is 281 g/mol. The van der Waals surface area contributed by atoms with Gasteiger partial charge in [0.15, 0.2) is 0 Å². The SMILES string of the molecule is O=C(NCCCc1ncc[nH]1)c1cnc2ccccc2n1. The number of amides is 1. The lowest BCUT2D eigenvalue weighted by Gasteiger charge is -2.04. The Morgan fingerprint density at radius 3 is 2.86 bits per heavy atom. The standard InChI is InChI=1S/C15H15N5O/c21-15(18-7-3-6-14-16-8-9-17-14)13-10-19-11-4-1-2-5-12(11)20-13/h1-2,4-5,8-10H,3,6-7H2,(H,16,17)(H,18,21). The number of nitrogens with one attached hydrogen (secondary N) is 2. The van der Waals surface area contributed by atoms with Crippen LogP contribution in [0.5, 0.6) is 0 Å². The van der Waals surface area contributed by atoms with E-state index in [1.807, 2.05) is 24.3 Å². The van der Waals surface area contributed by atoms with Crippen molar-refractivity contribution in [2.24, 2.45) is 0 Å². The second-order valence-corrected chi connectivity index (χ2v) is 4.64. The molecule has 6 nitrogen and oxygen atoms in total. The van der Waals surface area contributed by atoms with Crippen molar-refractivity contribution in [3.8, 4) is 0 Å². The number of nitrogens with zero attached hydrogens (tertiary/aromatic N) is 3. The van der Waals surface area contributed by atoms with Crippen molar-refractivity contribution in [3.63, 3.8) is 0 Å². The van der Waals surface area contributed by atoms with E-state index in [4.69, 9.17) is 0 Å². The quantitative estimate of drug-likeness (QED) is 0.697. The van der Waals surface area contributed by atoms with Crippen LogP contribution in [0, 0.1) is 0 Å². The van der Waals surface area contributed by atoms with Crippen LogP contribution in [-0.4, -0.2) is 32.4 Å². The number of aromatic nitrogens is 4. The summed E-state index contributed by atoms with van der Waals surface area (Å²) in [5.41, 5.74) is 1.85. The van der Waals surface area contributed by atoms with Crippen LogP contribution in [0.15, 0.2) is 42.9 Å². The summed E-state index contributed by atoms with van der Waals surface area (Å²) < 4.78 is 0. The van der Waals surface area contributed by atoms with Crippen molar-refractivity contribution < 1.29 is 4.79 Å². The van der Waals surface area contributed by atoms with Gasteiger partial charge < -0.3 is 10.3 Å². The Morgan fingerprint density at radius 2 is 2.05 bits per heavy atom. The minimum Gasteiger partial charge on any atom is -0.351 e. The first-order valence-electron chi connectivity index (χ1n) is 6.81. The predicted octanol–water partition coefficient (Wildman–Crippen LogP) is 1.72. The molecule has 0 spiro atoms. The van der Waals surface area contributed by atoms with Crippen molar-refractivity contribution in [1.82, 2.24) is 25.3 Å². The topological polar surface area (TPSA) is 83.6 Å². The number of hydrogen-bond acceptors (Lipinski definition) is 4. The number of carbonyl (C=O) groups excluding carboxylic acids is 1. The third-order valence-electron chi connectivity index (χ3n) is 3.11. The molecule has 106 valence electrons. The van der Waals surface area contributed by atoms with Gasteiger partial charge in [-0.1, -0.05) is 12.1 Å². The zero-order valence-electron chi connectivity index (χ0n) is 11.4. The summed E-state index contributed by atoms with van der Waals surface area (Å²) in [6, 6.07) is 7.48. The van der Waals surface area contributed by atoms with Crippen LogP contribution in [0.25, 0.3) is 11.0 Å². The van der Waals surface area contributed by atoms with Crippen molar-refractivity contribution in [2.45, 2.75) is 12.8 Å². The molecule has 2 aromatic heterocycles. The van der Waals surface area contributed by atoms with Crippen molar-refractivity contribution in [3.05, 3.63) is 54.4 Å². The van der Waals surface area contributed by atoms with Crippen LogP contribution in [0.1, 0.15) is 22.7 Å². The third kappa shape index (κ3) is 3.22. The molecule has 2 heterocycles. The Hall–Kier alpha value is -2.76. The highest BCUT2D eigenvalue weighted by Crippen LogP contribution is 2.08. The summed E-state index contributed by atoms with van der Waals surface area (Å²) in [4.78, 5) is 27.7. The van der Waals surface area contributed by atoms with E-state index in [1.54, 1.807) is 12.4 Å². The summed E-state index contributed by atoms with van der Waals surface area (Å²) in [6.07, 6.45) is 6.64. The molecule has 0 aliphatic rings. The Kier molecular flexibility index (Phi) is 3.86. The molecule has 0 fully saturated rings. The summed E-state index contributed by atoms with van der Waals surface area (Å²) in [7, 11) is 0. The van der Waals surface area contributed by atoms with Gasteiger partial charge in [0.1, 0.15) is 11.5 Å². The molecule has 3 rings (SSSR count). The lowest BCUT2D eigenvalue weighted by Crippen LogP contribution is -2.26. The first-order chi connectivity index (χ1) is 10.3. The van der Waals surface area contributed by atoms with Gasteiger partial charge in [-0.05, 0) is 18.6 Å². The summed E-state index contributed by atoms with van der Waals surface area (Å²) >= 11 is 0. The Bertz CT molecular complexity index is 739. The fourth-order valence-electron chi connectivity index (χ4n) is 2.05. The van der Waals surface area contributed by atoms with E-state index in [-0.39, 0.29) is 5.91 Å². The number of hydrogen-bond donors (Lipinski definition) is 2. The molecule has 0 bridgehead atoms. The largest absolute Gasteiger partial charge is 0.351 e. The number of rotatable bonds is 5. The van der Waals surface area contributed by atoms with Gasteiger partial charge in [0, 0.05) is 25.4 Å². The molecule has 21 heavy (non-hydrogen) atoms. The minimum absolute atomic E-state index is 0.201. The number of fused-ring (bicyclic) bond motifs is 1. The van der Waals surface area contributed by atoms with Crippen molar-refractivity contribution >= 4 is 16.9 Å². The first kappa shape index (κ1) is 13.2. The molecule has 0 radical (unpaired) electrons. The van der Waals surface area contributed by atoms with Gasteiger partial charge in [-0.15, -0.1) is 0 Å². The molecule has 0 aliphatic carbocycles. The predicted molar refractivity (Wildman–Crippen MR) is 78.8 cm³/mol. The third-order valence-corrected chi connectivity index (χ3v) is 3.11. The maximum Gasteiger partial charge on any atom is 0.271 e. The Labute approximate surface area is 121 Å². The number of aromatic amines is 1. The van der Waals surface area contributed by atoms with Gasteiger partial charge in [0.2, 0.25) is 0 Å². The van der Waals surface area contributed by atoms with Gasteiger partial charge in [-0.3, -0.25) is 9.78 Å². The fraction of sp³-hybridized carbons (Fsp3) is 0.200. The van der Waals surface area contributed by atoms with Crippen LogP contribution in [0.2, 0.25) is 0 Å².